The number of sulfonamides is 2. The van der Waals surface area contributed by atoms with Crippen molar-refractivity contribution in [2.24, 2.45) is 0 Å². The first-order valence-corrected chi connectivity index (χ1v) is 14.7. The van der Waals surface area contributed by atoms with Crippen molar-refractivity contribution in [3.05, 3.63) is 94.0 Å². The van der Waals surface area contributed by atoms with Crippen LogP contribution in [0.15, 0.2) is 87.0 Å². The molecule has 2 N–H and O–H groups in total. The number of hydrogen-bond donors (Lipinski definition) is 2. The Kier molecular flexibility index (Phi) is 6.35. The Morgan fingerprint density at radius 3 is 1.38 bits per heavy atom. The van der Waals surface area contributed by atoms with Crippen LogP contribution in [0.25, 0.3) is 21.9 Å². The Hall–Kier alpha value is -3.24. The van der Waals surface area contributed by atoms with Crippen LogP contribution in [0.4, 0.5) is 11.4 Å². The molecule has 1 heterocycles. The first-order valence-electron chi connectivity index (χ1n) is 11.0. The zero-order chi connectivity index (χ0) is 26.5. The number of anilines is 2. The van der Waals surface area contributed by atoms with Gasteiger partial charge in [-0.15, -0.1) is 0 Å². The van der Waals surface area contributed by atoms with Crippen molar-refractivity contribution in [3.8, 4) is 0 Å². The summed E-state index contributed by atoms with van der Waals surface area (Å²) in [6, 6.07) is 18.5. The zero-order valence-corrected chi connectivity index (χ0v) is 22.7. The van der Waals surface area contributed by atoms with Crippen LogP contribution in [-0.4, -0.2) is 16.8 Å². The highest BCUT2D eigenvalue weighted by Gasteiger charge is 2.20. The van der Waals surface area contributed by atoms with Gasteiger partial charge in [-0.1, -0.05) is 35.3 Å². The van der Waals surface area contributed by atoms with Crippen LogP contribution in [0.2, 0.25) is 10.0 Å². The smallest absolute Gasteiger partial charge is 0.261 e. The Bertz CT molecular complexity index is 1780. The van der Waals surface area contributed by atoms with Crippen LogP contribution >= 0.6 is 23.2 Å². The number of aryl methyl sites for hydroxylation is 2. The maximum Gasteiger partial charge on any atom is 0.261 e. The molecular weight excluding hydrogens is 555 g/mol. The Morgan fingerprint density at radius 1 is 0.595 bits per heavy atom. The summed E-state index contributed by atoms with van der Waals surface area (Å²) in [5, 5.41) is 1.78. The third-order valence-corrected chi connectivity index (χ3v) is 9.45. The molecule has 0 spiro atoms. The molecule has 11 heteroatoms. The Morgan fingerprint density at radius 2 is 1.00 bits per heavy atom. The number of fused-ring (bicyclic) bond motifs is 3. The van der Waals surface area contributed by atoms with Crippen molar-refractivity contribution in [1.29, 1.82) is 0 Å². The number of rotatable bonds is 6. The number of halogens is 2. The van der Waals surface area contributed by atoms with Gasteiger partial charge in [0.25, 0.3) is 20.0 Å². The Balaban J connectivity index is 1.53. The lowest BCUT2D eigenvalue weighted by molar-refractivity contribution is 0.599. The van der Waals surface area contributed by atoms with Crippen molar-refractivity contribution in [1.82, 2.24) is 0 Å². The van der Waals surface area contributed by atoms with Crippen molar-refractivity contribution < 1.29 is 21.3 Å². The molecule has 0 aliphatic heterocycles. The second kappa shape index (κ2) is 9.25. The van der Waals surface area contributed by atoms with Gasteiger partial charge in [-0.3, -0.25) is 9.44 Å². The van der Waals surface area contributed by atoms with E-state index in [-0.39, 0.29) is 9.79 Å². The zero-order valence-electron chi connectivity index (χ0n) is 19.5. The molecule has 4 aromatic carbocycles. The lowest BCUT2D eigenvalue weighted by Gasteiger charge is -2.10. The fraction of sp³-hybridized carbons (Fsp3) is 0.0769. The second-order valence-corrected chi connectivity index (χ2v) is 12.7. The summed E-state index contributed by atoms with van der Waals surface area (Å²) < 4.78 is 63.2. The molecule has 0 saturated heterocycles. The van der Waals surface area contributed by atoms with Gasteiger partial charge < -0.3 is 4.42 Å². The van der Waals surface area contributed by atoms with E-state index in [0.29, 0.717) is 43.4 Å². The largest absolute Gasteiger partial charge is 0.456 e. The number of nitrogens with one attached hydrogen (secondary N) is 2. The third-order valence-electron chi connectivity index (χ3n) is 5.88. The van der Waals surface area contributed by atoms with Crippen LogP contribution in [-0.2, 0) is 20.0 Å². The van der Waals surface area contributed by atoms with Crippen molar-refractivity contribution in [3.63, 3.8) is 0 Å². The molecule has 0 radical (unpaired) electrons. The van der Waals surface area contributed by atoms with E-state index >= 15 is 0 Å². The molecule has 0 bridgehead atoms. The predicted octanol–water partition coefficient (Wildman–Crippen LogP) is 7.11. The summed E-state index contributed by atoms with van der Waals surface area (Å²) in [6.07, 6.45) is 0. The lowest BCUT2D eigenvalue weighted by Crippen LogP contribution is -2.13. The van der Waals surface area contributed by atoms with Gasteiger partial charge in [0.15, 0.2) is 0 Å². The summed E-state index contributed by atoms with van der Waals surface area (Å²) in [5.41, 5.74) is 3.12. The minimum atomic E-state index is -3.96. The maximum absolute atomic E-state index is 13.1. The lowest BCUT2D eigenvalue weighted by atomic mass is 10.1. The van der Waals surface area contributed by atoms with Gasteiger partial charge in [0.1, 0.15) is 11.2 Å². The highest BCUT2D eigenvalue weighted by atomic mass is 35.5. The number of hydrogen-bond acceptors (Lipinski definition) is 5. The van der Waals surface area contributed by atoms with Crippen molar-refractivity contribution in [2.45, 2.75) is 23.6 Å². The quantitative estimate of drug-likeness (QED) is 0.225. The van der Waals surface area contributed by atoms with E-state index < -0.39 is 20.0 Å². The van der Waals surface area contributed by atoms with E-state index in [0.717, 1.165) is 11.1 Å². The molecule has 5 aromatic rings. The normalized spacial score (nSPS) is 12.2. The molecular formula is C26H20Cl2N2O5S2. The van der Waals surface area contributed by atoms with Gasteiger partial charge in [-0.2, -0.15) is 0 Å². The van der Waals surface area contributed by atoms with E-state index in [9.17, 15) is 16.8 Å². The number of benzene rings is 4. The molecule has 0 fully saturated rings. The molecule has 0 unspecified atom stereocenters. The maximum atomic E-state index is 13.1. The fourth-order valence-corrected chi connectivity index (χ4v) is 6.32. The summed E-state index contributed by atoms with van der Waals surface area (Å²) in [7, 11) is -7.92. The minimum absolute atomic E-state index is 0.0138. The van der Waals surface area contributed by atoms with E-state index in [1.165, 1.54) is 48.5 Å². The van der Waals surface area contributed by atoms with E-state index in [1.54, 1.807) is 24.3 Å². The highest BCUT2D eigenvalue weighted by Crippen LogP contribution is 2.33. The van der Waals surface area contributed by atoms with E-state index in [2.05, 4.69) is 9.44 Å². The molecule has 0 saturated carbocycles. The average molecular weight is 575 g/mol. The van der Waals surface area contributed by atoms with Gasteiger partial charge >= 0.3 is 0 Å². The van der Waals surface area contributed by atoms with E-state index in [1.807, 2.05) is 13.8 Å². The standard InChI is InChI=1S/C26H20Cl2N2O5S2/c1-15-3-5-17(11-23(15)27)29-36(31,32)19-7-9-25-21(13-19)22-14-20(8-10-26(22)35-25)37(33,34)30-18-6-4-16(2)24(28)12-18/h3-14,29-30H,1-2H3. The van der Waals surface area contributed by atoms with Crippen LogP contribution in [0.5, 0.6) is 0 Å². The van der Waals surface area contributed by atoms with Gasteiger partial charge in [0.2, 0.25) is 0 Å². The van der Waals surface area contributed by atoms with Crippen molar-refractivity contribution in [2.75, 3.05) is 9.44 Å². The van der Waals surface area contributed by atoms with Gasteiger partial charge in [0, 0.05) is 20.8 Å². The molecule has 1 aromatic heterocycles. The highest BCUT2D eigenvalue weighted by molar-refractivity contribution is 7.93. The van der Waals surface area contributed by atoms with Crippen molar-refractivity contribution >= 4 is 76.6 Å². The molecule has 0 aliphatic rings. The molecule has 0 amide bonds. The predicted molar refractivity (Wildman–Crippen MR) is 148 cm³/mol. The van der Waals surface area contributed by atoms with Gasteiger partial charge in [-0.25, -0.2) is 16.8 Å². The van der Waals surface area contributed by atoms with Crippen LogP contribution in [0.3, 0.4) is 0 Å². The monoisotopic (exact) mass is 574 g/mol. The second-order valence-electron chi connectivity index (χ2n) is 8.56. The third kappa shape index (κ3) is 5.00. The van der Waals surface area contributed by atoms with E-state index in [4.69, 9.17) is 27.6 Å². The van der Waals surface area contributed by atoms with Crippen LogP contribution in [0, 0.1) is 13.8 Å². The summed E-state index contributed by atoms with van der Waals surface area (Å²) in [6.45, 7) is 3.64. The molecule has 0 atom stereocenters. The SMILES string of the molecule is Cc1ccc(NS(=O)(=O)c2ccc3oc4ccc(S(=O)(=O)Nc5ccc(C)c(Cl)c5)cc4c3c2)cc1Cl. The first kappa shape index (κ1) is 25.4. The molecule has 190 valence electrons. The summed E-state index contributed by atoms with van der Waals surface area (Å²) in [5.74, 6) is 0. The first-order chi connectivity index (χ1) is 17.4. The van der Waals surface area contributed by atoms with Crippen LogP contribution in [0.1, 0.15) is 11.1 Å². The molecule has 7 nitrogen and oxygen atoms in total. The van der Waals surface area contributed by atoms with Gasteiger partial charge in [-0.05, 0) is 85.6 Å². The molecule has 5 rings (SSSR count). The van der Waals surface area contributed by atoms with Gasteiger partial charge in [0.05, 0.1) is 21.2 Å². The summed E-state index contributed by atoms with van der Waals surface area (Å²) in [4.78, 5) is -0.0276. The van der Waals surface area contributed by atoms with Crippen LogP contribution < -0.4 is 9.44 Å². The number of furan rings is 1. The molecule has 0 aliphatic carbocycles. The Labute approximate surface area is 224 Å². The minimum Gasteiger partial charge on any atom is -0.456 e. The topological polar surface area (TPSA) is 105 Å². The molecule has 37 heavy (non-hydrogen) atoms. The average Bonchev–Trinajstić information content (AvgIpc) is 3.21. The fourth-order valence-electron chi connectivity index (χ4n) is 3.81. The summed E-state index contributed by atoms with van der Waals surface area (Å²) >= 11 is 12.3.